The topological polar surface area (TPSA) is 80.5 Å². The van der Waals surface area contributed by atoms with E-state index in [0.29, 0.717) is 36.2 Å². The molecule has 1 aromatic rings. The third kappa shape index (κ3) is 2.49. The van der Waals surface area contributed by atoms with Crippen molar-refractivity contribution in [3.05, 3.63) is 11.7 Å². The summed E-state index contributed by atoms with van der Waals surface area (Å²) in [5, 5.41) is 6.61. The van der Waals surface area contributed by atoms with Gasteiger partial charge in [0, 0.05) is 39.0 Å². The third-order valence-electron chi connectivity index (χ3n) is 4.27. The fraction of sp³-hybridized carbons (Fsp3) is 0.769. The molecule has 0 radical (unpaired) electrons. The van der Waals surface area contributed by atoms with Crippen LogP contribution in [-0.2, 0) is 11.3 Å². The van der Waals surface area contributed by atoms with Crippen molar-refractivity contribution >= 4 is 6.03 Å². The Morgan fingerprint density at radius 1 is 1.45 bits per heavy atom. The molecule has 3 rings (SSSR count). The van der Waals surface area contributed by atoms with E-state index in [0.717, 1.165) is 25.9 Å². The summed E-state index contributed by atoms with van der Waals surface area (Å²) in [6.45, 7) is 3.57. The minimum absolute atomic E-state index is 0.0566. The van der Waals surface area contributed by atoms with Gasteiger partial charge in [-0.15, -0.1) is 0 Å². The first-order valence-corrected chi connectivity index (χ1v) is 7.02. The number of amides is 2. The zero-order valence-corrected chi connectivity index (χ0v) is 11.8. The van der Waals surface area contributed by atoms with E-state index < -0.39 is 0 Å². The van der Waals surface area contributed by atoms with Crippen LogP contribution >= 0.6 is 0 Å². The number of carbonyl (C=O) groups is 1. The summed E-state index contributed by atoms with van der Waals surface area (Å²) in [6.07, 6.45) is 2.62. The van der Waals surface area contributed by atoms with Gasteiger partial charge in [-0.1, -0.05) is 5.16 Å². The molecule has 2 aliphatic rings. The number of urea groups is 1. The Balaban J connectivity index is 1.54. The molecule has 0 spiro atoms. The van der Waals surface area contributed by atoms with Gasteiger partial charge >= 0.3 is 6.03 Å². The smallest absolute Gasteiger partial charge is 0.317 e. The molecule has 1 aromatic heterocycles. The van der Waals surface area contributed by atoms with Crippen LogP contribution in [0.5, 0.6) is 0 Å². The van der Waals surface area contributed by atoms with Gasteiger partial charge in [0.15, 0.2) is 5.82 Å². The molecule has 3 atom stereocenters. The van der Waals surface area contributed by atoms with Crippen molar-refractivity contribution in [1.82, 2.24) is 20.4 Å². The second kappa shape index (κ2) is 5.40. The maximum absolute atomic E-state index is 12.2. The van der Waals surface area contributed by atoms with E-state index in [4.69, 9.17) is 9.26 Å². The third-order valence-corrected chi connectivity index (χ3v) is 4.27. The first-order chi connectivity index (χ1) is 9.67. The second-order valence-electron chi connectivity index (χ2n) is 5.59. The number of nitrogens with one attached hydrogen (secondary N) is 1. The Morgan fingerprint density at radius 2 is 2.15 bits per heavy atom. The molecule has 2 amide bonds. The highest BCUT2D eigenvalue weighted by molar-refractivity contribution is 5.74. The highest BCUT2D eigenvalue weighted by atomic mass is 16.5. The van der Waals surface area contributed by atoms with E-state index in [1.54, 1.807) is 14.0 Å². The zero-order chi connectivity index (χ0) is 14.1. The number of carbonyl (C=O) groups excluding carboxylic acids is 1. The van der Waals surface area contributed by atoms with Crippen LogP contribution in [0.1, 0.15) is 24.6 Å². The van der Waals surface area contributed by atoms with Gasteiger partial charge < -0.3 is 19.5 Å². The normalized spacial score (nSPS) is 28.7. The molecule has 0 aromatic carbocycles. The molecule has 1 unspecified atom stereocenters. The first kappa shape index (κ1) is 13.4. The van der Waals surface area contributed by atoms with Gasteiger partial charge in [0.2, 0.25) is 5.89 Å². The van der Waals surface area contributed by atoms with Crippen LogP contribution < -0.4 is 5.32 Å². The Labute approximate surface area is 117 Å². The number of hydrogen-bond acceptors (Lipinski definition) is 5. The van der Waals surface area contributed by atoms with Crippen molar-refractivity contribution < 1.29 is 14.1 Å². The van der Waals surface area contributed by atoms with Crippen LogP contribution in [0, 0.1) is 18.8 Å². The Morgan fingerprint density at radius 3 is 2.70 bits per heavy atom. The molecule has 2 bridgehead atoms. The average molecular weight is 280 g/mol. The summed E-state index contributed by atoms with van der Waals surface area (Å²) in [7, 11) is 1.77. The molecule has 1 saturated carbocycles. The van der Waals surface area contributed by atoms with Crippen LogP contribution in [0.2, 0.25) is 0 Å². The molecule has 2 fully saturated rings. The SMILES string of the molecule is COC1[C@@H]2CC[C@H]1CN(C(=O)NCc1noc(C)n1)C2. The minimum atomic E-state index is -0.0566. The molecular weight excluding hydrogens is 260 g/mol. The predicted molar refractivity (Wildman–Crippen MR) is 69.9 cm³/mol. The lowest BCUT2D eigenvalue weighted by molar-refractivity contribution is -0.00511. The largest absolute Gasteiger partial charge is 0.381 e. The van der Waals surface area contributed by atoms with Crippen molar-refractivity contribution in [2.75, 3.05) is 20.2 Å². The van der Waals surface area contributed by atoms with E-state index in [2.05, 4.69) is 15.5 Å². The minimum Gasteiger partial charge on any atom is -0.381 e. The highest BCUT2D eigenvalue weighted by Crippen LogP contribution is 2.38. The molecule has 7 nitrogen and oxygen atoms in total. The summed E-state index contributed by atoms with van der Waals surface area (Å²) in [4.78, 5) is 18.1. The van der Waals surface area contributed by atoms with Crippen molar-refractivity contribution in [3.8, 4) is 0 Å². The maximum atomic E-state index is 12.2. The number of aryl methyl sites for hydroxylation is 1. The lowest BCUT2D eigenvalue weighted by Gasteiger charge is -2.37. The molecular formula is C13H20N4O3. The maximum Gasteiger partial charge on any atom is 0.317 e. The van der Waals surface area contributed by atoms with E-state index in [9.17, 15) is 4.79 Å². The van der Waals surface area contributed by atoms with Crippen LogP contribution in [0.3, 0.4) is 0 Å². The summed E-state index contributed by atoms with van der Waals surface area (Å²) in [5.74, 6) is 1.95. The fourth-order valence-electron chi connectivity index (χ4n) is 3.40. The van der Waals surface area contributed by atoms with Gasteiger partial charge in [0.05, 0.1) is 12.6 Å². The van der Waals surface area contributed by atoms with Crippen LogP contribution in [0.25, 0.3) is 0 Å². The molecule has 20 heavy (non-hydrogen) atoms. The molecule has 1 N–H and O–H groups in total. The van der Waals surface area contributed by atoms with Gasteiger partial charge in [-0.2, -0.15) is 4.98 Å². The number of methoxy groups -OCH3 is 1. The summed E-state index contributed by atoms with van der Waals surface area (Å²) < 4.78 is 10.4. The van der Waals surface area contributed by atoms with Gasteiger partial charge in [-0.25, -0.2) is 4.79 Å². The average Bonchev–Trinajstić information content (AvgIpc) is 2.96. The molecule has 2 heterocycles. The van der Waals surface area contributed by atoms with Gasteiger partial charge in [-0.05, 0) is 12.8 Å². The number of hydrogen-bond donors (Lipinski definition) is 1. The van der Waals surface area contributed by atoms with E-state index in [-0.39, 0.29) is 6.03 Å². The van der Waals surface area contributed by atoms with Gasteiger partial charge in [-0.3, -0.25) is 0 Å². The number of piperidine rings is 1. The number of likely N-dealkylation sites (tertiary alicyclic amines) is 1. The molecule has 110 valence electrons. The second-order valence-corrected chi connectivity index (χ2v) is 5.59. The Hall–Kier alpha value is -1.63. The van der Waals surface area contributed by atoms with E-state index >= 15 is 0 Å². The lowest BCUT2D eigenvalue weighted by atomic mass is 9.95. The monoisotopic (exact) mass is 280 g/mol. The molecule has 1 aliphatic heterocycles. The predicted octanol–water partition coefficient (Wildman–Crippen LogP) is 0.944. The van der Waals surface area contributed by atoms with Crippen molar-refractivity contribution in [1.29, 1.82) is 0 Å². The van der Waals surface area contributed by atoms with Gasteiger partial charge in [0.1, 0.15) is 0 Å². The van der Waals surface area contributed by atoms with E-state index in [1.165, 1.54) is 0 Å². The van der Waals surface area contributed by atoms with Crippen LogP contribution in [-0.4, -0.2) is 47.4 Å². The first-order valence-electron chi connectivity index (χ1n) is 7.02. The lowest BCUT2D eigenvalue weighted by Crippen LogP contribution is -2.51. The number of aromatic nitrogens is 2. The quantitative estimate of drug-likeness (QED) is 0.891. The number of ether oxygens (including phenoxy) is 1. The zero-order valence-electron chi connectivity index (χ0n) is 11.8. The number of nitrogens with zero attached hydrogens (tertiary/aromatic N) is 3. The van der Waals surface area contributed by atoms with Crippen molar-refractivity contribution in [2.24, 2.45) is 11.8 Å². The summed E-state index contributed by atoms with van der Waals surface area (Å²) in [5.41, 5.74) is 0. The standard InChI is InChI=1S/C13H20N4O3/c1-8-15-11(16-20-8)5-14-13(18)17-6-9-3-4-10(7-17)12(9)19-2/h9-10,12H,3-7H2,1-2H3,(H,14,18)/t9-,10+,12?. The van der Waals surface area contributed by atoms with Gasteiger partial charge in [0.25, 0.3) is 0 Å². The summed E-state index contributed by atoms with van der Waals surface area (Å²) in [6, 6.07) is -0.0566. The van der Waals surface area contributed by atoms with Crippen molar-refractivity contribution in [2.45, 2.75) is 32.4 Å². The fourth-order valence-corrected chi connectivity index (χ4v) is 3.40. The Bertz CT molecular complexity index is 476. The molecule has 7 heteroatoms. The van der Waals surface area contributed by atoms with Crippen molar-refractivity contribution in [3.63, 3.8) is 0 Å². The molecule has 1 saturated heterocycles. The van der Waals surface area contributed by atoms with Crippen LogP contribution in [0.4, 0.5) is 4.79 Å². The highest BCUT2D eigenvalue weighted by Gasteiger charge is 2.43. The Kier molecular flexibility index (Phi) is 3.60. The van der Waals surface area contributed by atoms with Crippen LogP contribution in [0.15, 0.2) is 4.52 Å². The number of rotatable bonds is 3. The summed E-state index contributed by atoms with van der Waals surface area (Å²) >= 11 is 0. The van der Waals surface area contributed by atoms with E-state index in [1.807, 2.05) is 4.90 Å². The number of fused-ring (bicyclic) bond motifs is 2. The molecule has 1 aliphatic carbocycles.